The second kappa shape index (κ2) is 37.9. The van der Waals surface area contributed by atoms with Crippen molar-refractivity contribution in [2.45, 2.75) is 33.6 Å². The number of allylic oxidation sites excluding steroid dienone is 1. The molecule has 2 saturated heterocycles. The van der Waals surface area contributed by atoms with Crippen LogP contribution in [-0.4, -0.2) is 126 Å². The van der Waals surface area contributed by atoms with E-state index in [9.17, 15) is 32.8 Å². The Kier molecular flexibility index (Phi) is 24.0. The molecule has 14 heterocycles. The number of anilines is 3. The van der Waals surface area contributed by atoms with Gasteiger partial charge in [-0.05, 0) is 229 Å². The highest BCUT2D eigenvalue weighted by atomic mass is 35.5. The van der Waals surface area contributed by atoms with Crippen molar-refractivity contribution in [1.29, 1.82) is 0 Å². The Morgan fingerprint density at radius 1 is 0.352 bits per heavy atom. The summed E-state index contributed by atoms with van der Waals surface area (Å²) in [7, 11) is 0. The van der Waals surface area contributed by atoms with Gasteiger partial charge in [0, 0.05) is 233 Å². The third-order valence-electron chi connectivity index (χ3n) is 26.6. The van der Waals surface area contributed by atoms with E-state index in [1.165, 1.54) is 24.3 Å². The number of piperazine rings is 2. The number of benzene rings is 10. The van der Waals surface area contributed by atoms with Crippen molar-refractivity contribution >= 4 is 162 Å². The first-order chi connectivity index (χ1) is 69.2. The zero-order chi connectivity index (χ0) is 97.1. The number of carbonyl (C=O) groups is 1. The molecular weight excluding hydrogens is 1820 g/mol. The number of hydrogen-bond acceptors (Lipinski definition) is 18. The number of aryl methyl sites for hydroxylation is 2. The first-order valence-electron chi connectivity index (χ1n) is 46.6. The van der Waals surface area contributed by atoms with E-state index in [4.69, 9.17) is 28.9 Å². The van der Waals surface area contributed by atoms with Crippen LogP contribution in [0.3, 0.4) is 0 Å². The molecule has 0 spiro atoms. The Morgan fingerprint density at radius 3 is 1.11 bits per heavy atom. The molecule has 0 radical (unpaired) electrons. The number of hydrogen-bond donors (Lipinski definition) is 2. The molecule has 23 nitrogen and oxygen atoms in total. The molecule has 694 valence electrons. The molecule has 1 aliphatic carbocycles. The van der Waals surface area contributed by atoms with Crippen molar-refractivity contribution in [2.24, 2.45) is 0 Å². The third-order valence-corrected chi connectivity index (χ3v) is 27.2. The monoisotopic (exact) mass is 1910 g/mol. The number of rotatable bonds is 11. The number of nitrogens with one attached hydrogen (secondary N) is 1. The molecule has 22 aromatic rings. The quantitative estimate of drug-likeness (QED) is 0.114. The van der Waals surface area contributed by atoms with E-state index in [0.29, 0.717) is 76.4 Å². The molecule has 0 saturated carbocycles. The Balaban J connectivity index is 0.000000109. The van der Waals surface area contributed by atoms with Gasteiger partial charge in [-0.15, -0.1) is 0 Å². The molecule has 3 aliphatic rings. The minimum Gasteiger partial charge on any atom is -0.368 e. The molecule has 10 aromatic carbocycles. The number of aromatic nitrogens is 13. The van der Waals surface area contributed by atoms with Crippen molar-refractivity contribution in [3.8, 4) is 67.3 Å². The lowest BCUT2D eigenvalue weighted by Crippen LogP contribution is -2.48. The first-order valence-corrected chi connectivity index (χ1v) is 47.3. The van der Waals surface area contributed by atoms with Gasteiger partial charge in [-0.1, -0.05) is 103 Å². The molecule has 2 fully saturated rings. The maximum absolute atomic E-state index is 13.9. The van der Waals surface area contributed by atoms with E-state index < -0.39 is 0 Å². The van der Waals surface area contributed by atoms with Gasteiger partial charge in [0.05, 0.1) is 93.7 Å². The second-order valence-electron chi connectivity index (χ2n) is 35.3. The average molecular weight is 1910 g/mol. The van der Waals surface area contributed by atoms with Crippen LogP contribution < -0.4 is 43.1 Å². The summed E-state index contributed by atoms with van der Waals surface area (Å²) in [5.74, 6) is -0.237. The Morgan fingerprint density at radius 2 is 0.711 bits per heavy atom. The minimum absolute atomic E-state index is 0.117. The highest BCUT2D eigenvalue weighted by molar-refractivity contribution is 6.34. The number of fused-ring (bicyclic) bond motifs is 15. The summed E-state index contributed by atoms with van der Waals surface area (Å²) in [4.78, 5) is 112. The van der Waals surface area contributed by atoms with E-state index >= 15 is 0 Å². The van der Waals surface area contributed by atoms with Crippen LogP contribution in [0.1, 0.15) is 35.7 Å². The van der Waals surface area contributed by atoms with Crippen molar-refractivity contribution < 1.29 is 13.6 Å². The van der Waals surface area contributed by atoms with Crippen LogP contribution in [0.5, 0.6) is 0 Å². The summed E-state index contributed by atoms with van der Waals surface area (Å²) in [5.41, 5.74) is 28.4. The standard InChI is InChI=1S/C34H28ClN5O2.C31H24ClN5O.C27H18FN3O.C23H16FN5O/c1-2-32(41)39-15-13-38(14-16-39)31-11-9-26(19-28(31)35)40-33(42)12-8-24-20-37-30-10-7-22(18-27(30)34(24)40)25-17-23-5-3-4-6-29(23)36-21-25;32-26-17-24(7-9-29(26)36-13-11-33-12-14-36)37-30(38)10-6-22-18-35-28-8-5-20(16-25(28)31(22)37)23-15-21-3-1-2-4-27(21)34-19-23;1-16-11-21(7-8-23(16)28)31-26(32)10-6-19-14-30-25-9-5-17(13-22(25)27(19)31)20-12-18-3-2-4-24(18)29-15-20;1-13-8-17(4-5-19(13)24)29-21(30)7-3-15-10-26-20-6-2-14(9-18(20)22(15)29)16-11-27-23(25)28-12-16/h3-12,17-21H,2,13-16H2,1H3;1-10,15-19,33H,11-14H2;2-3,5-15H,4H2,1H3;2-12H,1H3,(H2,25,27,28). The van der Waals surface area contributed by atoms with Gasteiger partial charge in [0.25, 0.3) is 22.2 Å². The number of halogens is 4. The zero-order valence-electron chi connectivity index (χ0n) is 77.0. The zero-order valence-corrected chi connectivity index (χ0v) is 78.5. The lowest BCUT2D eigenvalue weighted by atomic mass is 10.0. The summed E-state index contributed by atoms with van der Waals surface area (Å²) in [6.45, 7) is 11.7. The topological polar surface area (TPSA) is 269 Å². The second-order valence-corrected chi connectivity index (χ2v) is 36.1. The fourth-order valence-corrected chi connectivity index (χ4v) is 19.8. The molecule has 0 atom stereocenters. The van der Waals surface area contributed by atoms with E-state index in [2.05, 4.69) is 127 Å². The summed E-state index contributed by atoms with van der Waals surface area (Å²) in [6.07, 6.45) is 21.7. The van der Waals surface area contributed by atoms with Crippen LogP contribution >= 0.6 is 23.2 Å². The van der Waals surface area contributed by atoms with Crippen LogP contribution in [0.15, 0.2) is 342 Å². The van der Waals surface area contributed by atoms with Crippen LogP contribution in [0.4, 0.5) is 26.1 Å². The first kappa shape index (κ1) is 89.9. The van der Waals surface area contributed by atoms with Gasteiger partial charge >= 0.3 is 0 Å². The number of nitrogen functional groups attached to an aromatic ring is 1. The van der Waals surface area contributed by atoms with Crippen molar-refractivity contribution in [2.75, 3.05) is 67.9 Å². The predicted octanol–water partition coefficient (Wildman–Crippen LogP) is 21.9. The number of pyridine rings is 11. The minimum atomic E-state index is -0.316. The van der Waals surface area contributed by atoms with Gasteiger partial charge in [0.1, 0.15) is 11.6 Å². The van der Waals surface area contributed by atoms with Gasteiger partial charge in [-0.3, -0.25) is 77.1 Å². The van der Waals surface area contributed by atoms with Crippen LogP contribution in [0.25, 0.3) is 182 Å². The lowest BCUT2D eigenvalue weighted by molar-refractivity contribution is -0.131. The van der Waals surface area contributed by atoms with Crippen LogP contribution in [0, 0.1) is 25.5 Å². The van der Waals surface area contributed by atoms with Crippen LogP contribution in [0.2, 0.25) is 10.0 Å². The largest absolute Gasteiger partial charge is 0.368 e. The molecule has 2 aliphatic heterocycles. The van der Waals surface area contributed by atoms with E-state index in [1.807, 2.05) is 170 Å². The summed E-state index contributed by atoms with van der Waals surface area (Å²) in [5, 5.41) is 13.5. The maximum atomic E-state index is 13.9. The molecule has 0 unspecified atom stereocenters. The Labute approximate surface area is 820 Å². The molecule has 1 amide bonds. The highest BCUT2D eigenvalue weighted by Gasteiger charge is 2.26. The van der Waals surface area contributed by atoms with Crippen molar-refractivity contribution in [3.63, 3.8) is 0 Å². The Bertz CT molecular complexity index is 9220. The number of nitrogens with two attached hydrogens (primary N) is 1. The fraction of sp³-hybridized carbons (Fsp3) is 0.113. The summed E-state index contributed by atoms with van der Waals surface area (Å²) < 4.78 is 34.4. The third kappa shape index (κ3) is 17.4. The number of para-hydroxylation sites is 2. The fourth-order valence-electron chi connectivity index (χ4n) is 19.3. The molecule has 3 N–H and O–H groups in total. The van der Waals surface area contributed by atoms with Gasteiger partial charge in [-0.2, -0.15) is 0 Å². The normalized spacial score (nSPS) is 13.0. The molecule has 12 aromatic heterocycles. The van der Waals surface area contributed by atoms with Crippen molar-refractivity contribution in [3.05, 3.63) is 408 Å². The molecule has 27 heteroatoms. The van der Waals surface area contributed by atoms with E-state index in [-0.39, 0.29) is 45.7 Å². The smallest absolute Gasteiger partial charge is 0.255 e. The molecule has 0 bridgehead atoms. The summed E-state index contributed by atoms with van der Waals surface area (Å²) in [6, 6.07) is 81.0. The number of amides is 1. The van der Waals surface area contributed by atoms with E-state index in [1.54, 1.807) is 112 Å². The SMILES string of the molecule is CCC(=O)N1CCN(c2ccc(-n3c(=O)ccc4cnc5ccc(-c6cnc7ccccc7c6)cc5c43)cc2Cl)CC1.Cc1cc(-n2c(=O)ccc3cnc4ccc(-c5cnc(N)nc5)cc4c32)ccc1F.Cc1cc(-n2c(=O)ccc3cnc4ccc(-c5cnc6c(c5)C=CC6)cc4c32)ccc1F.O=c1ccc2cnc3ccc(-c4cnc5ccccc5c4)cc3c2n1-c1ccc(N2CCNCC2)c(Cl)c1. The molecular formula is C115H86Cl2F2N18O5. The number of nitrogens with zero attached hydrogens (tertiary/aromatic N) is 16. The maximum Gasteiger partial charge on any atom is 0.255 e. The van der Waals surface area contributed by atoms with Gasteiger partial charge in [-0.25, -0.2) is 18.7 Å². The van der Waals surface area contributed by atoms with Gasteiger partial charge < -0.3 is 25.8 Å². The van der Waals surface area contributed by atoms with Gasteiger partial charge in [0.15, 0.2) is 0 Å². The van der Waals surface area contributed by atoms with Gasteiger partial charge in [0.2, 0.25) is 11.9 Å². The van der Waals surface area contributed by atoms with Crippen molar-refractivity contribution in [1.82, 2.24) is 73.3 Å². The average Bonchev–Trinajstić information content (AvgIpc) is 0.763. The molecule has 25 rings (SSSR count). The highest BCUT2D eigenvalue weighted by Crippen LogP contribution is 2.40. The Hall–Kier alpha value is -17.3. The summed E-state index contributed by atoms with van der Waals surface area (Å²) >= 11 is 13.6. The number of carbonyl (C=O) groups excluding carboxylic acids is 1. The predicted molar refractivity (Wildman–Crippen MR) is 566 cm³/mol. The van der Waals surface area contributed by atoms with E-state index in [0.717, 1.165) is 209 Å². The lowest BCUT2D eigenvalue weighted by Gasteiger charge is -2.36. The van der Waals surface area contributed by atoms with Crippen LogP contribution in [-0.2, 0) is 11.2 Å². The molecule has 142 heavy (non-hydrogen) atoms.